The van der Waals surface area contributed by atoms with Crippen molar-refractivity contribution in [3.8, 4) is 5.75 Å². The van der Waals surface area contributed by atoms with E-state index in [2.05, 4.69) is 0 Å². The Labute approximate surface area is 95.7 Å². The highest BCUT2D eigenvalue weighted by Crippen LogP contribution is 2.18. The van der Waals surface area contributed by atoms with Crippen LogP contribution in [0.4, 0.5) is 5.69 Å². The fourth-order valence-electron chi connectivity index (χ4n) is 0.988. The molecule has 0 saturated carbocycles. The predicted octanol–water partition coefficient (Wildman–Crippen LogP) is 0.957. The van der Waals surface area contributed by atoms with Gasteiger partial charge < -0.3 is 9.84 Å². The lowest BCUT2D eigenvalue weighted by Crippen LogP contribution is -2.35. The van der Waals surface area contributed by atoms with Crippen molar-refractivity contribution in [1.82, 2.24) is 0 Å². The average Bonchev–Trinajstić information content (AvgIpc) is 2.28. The third-order valence-electron chi connectivity index (χ3n) is 2.05. The number of hydrogen-bond acceptors (Lipinski definition) is 6. The SMILES string of the molecule is CC(C(O)Oc1ccc([N+](=O)[O-])cc1)[N+](=O)[O-]. The molecule has 8 nitrogen and oxygen atoms in total. The molecule has 0 aliphatic carbocycles. The number of nitrogens with zero attached hydrogens (tertiary/aromatic N) is 2. The highest BCUT2D eigenvalue weighted by Gasteiger charge is 2.26. The van der Waals surface area contributed by atoms with E-state index in [0.29, 0.717) is 0 Å². The van der Waals surface area contributed by atoms with Gasteiger partial charge >= 0.3 is 0 Å². The summed E-state index contributed by atoms with van der Waals surface area (Å²) in [6, 6.07) is 3.59. The Balaban J connectivity index is 2.69. The van der Waals surface area contributed by atoms with Gasteiger partial charge in [0.2, 0.25) is 0 Å². The van der Waals surface area contributed by atoms with E-state index in [9.17, 15) is 25.3 Å². The van der Waals surface area contributed by atoms with Crippen LogP contribution in [0.5, 0.6) is 5.75 Å². The van der Waals surface area contributed by atoms with Gasteiger partial charge in [0, 0.05) is 24.0 Å². The molecular formula is C9H10N2O6. The number of aliphatic hydroxyl groups excluding tert-OH is 1. The molecule has 2 unspecified atom stereocenters. The van der Waals surface area contributed by atoms with Crippen LogP contribution in [0.1, 0.15) is 6.92 Å². The summed E-state index contributed by atoms with van der Waals surface area (Å²) in [5.41, 5.74) is -0.130. The molecule has 1 rings (SSSR count). The second-order valence-electron chi connectivity index (χ2n) is 3.29. The molecule has 0 aromatic heterocycles. The molecule has 1 N–H and O–H groups in total. The van der Waals surface area contributed by atoms with Crippen LogP contribution in [-0.2, 0) is 0 Å². The quantitative estimate of drug-likeness (QED) is 0.467. The van der Waals surface area contributed by atoms with Gasteiger partial charge in [-0.3, -0.25) is 20.2 Å². The van der Waals surface area contributed by atoms with Gasteiger partial charge in [-0.1, -0.05) is 0 Å². The Hall–Kier alpha value is -2.22. The van der Waals surface area contributed by atoms with Crippen molar-refractivity contribution in [2.75, 3.05) is 0 Å². The molecule has 92 valence electrons. The lowest BCUT2D eigenvalue weighted by molar-refractivity contribution is -0.539. The van der Waals surface area contributed by atoms with Gasteiger partial charge in [0.25, 0.3) is 18.0 Å². The minimum atomic E-state index is -1.61. The highest BCUT2D eigenvalue weighted by atomic mass is 16.7. The number of non-ortho nitro benzene ring substituents is 1. The molecule has 2 atom stereocenters. The van der Waals surface area contributed by atoms with Crippen LogP contribution < -0.4 is 4.74 Å². The number of hydrogen-bond donors (Lipinski definition) is 1. The predicted molar refractivity (Wildman–Crippen MR) is 56.2 cm³/mol. The third kappa shape index (κ3) is 3.38. The fraction of sp³-hybridized carbons (Fsp3) is 0.333. The minimum absolute atomic E-state index is 0.122. The van der Waals surface area contributed by atoms with E-state index in [1.54, 1.807) is 0 Å². The molecule has 0 bridgehead atoms. The average molecular weight is 242 g/mol. The number of nitro benzene ring substituents is 1. The van der Waals surface area contributed by atoms with Crippen LogP contribution in [0.2, 0.25) is 0 Å². The fourth-order valence-corrected chi connectivity index (χ4v) is 0.988. The highest BCUT2D eigenvalue weighted by molar-refractivity contribution is 5.36. The molecule has 0 amide bonds. The summed E-state index contributed by atoms with van der Waals surface area (Å²) in [6.45, 7) is 1.19. The van der Waals surface area contributed by atoms with Crippen molar-refractivity contribution in [1.29, 1.82) is 0 Å². The van der Waals surface area contributed by atoms with E-state index in [1.165, 1.54) is 31.2 Å². The Morgan fingerprint density at radius 2 is 1.76 bits per heavy atom. The van der Waals surface area contributed by atoms with E-state index >= 15 is 0 Å². The van der Waals surface area contributed by atoms with E-state index in [-0.39, 0.29) is 11.4 Å². The van der Waals surface area contributed by atoms with Crippen LogP contribution in [-0.4, -0.2) is 27.3 Å². The third-order valence-corrected chi connectivity index (χ3v) is 2.05. The maximum absolute atomic E-state index is 10.4. The molecule has 0 fully saturated rings. The summed E-state index contributed by atoms with van der Waals surface area (Å²) in [6.07, 6.45) is -1.61. The molecular weight excluding hydrogens is 232 g/mol. The van der Waals surface area contributed by atoms with Crippen LogP contribution >= 0.6 is 0 Å². The Morgan fingerprint density at radius 3 is 2.18 bits per heavy atom. The van der Waals surface area contributed by atoms with Crippen molar-refractivity contribution >= 4 is 5.69 Å². The van der Waals surface area contributed by atoms with Gasteiger partial charge in [-0.25, -0.2) is 0 Å². The summed E-state index contributed by atoms with van der Waals surface area (Å²) in [4.78, 5) is 19.4. The Bertz CT molecular complexity index is 418. The number of rotatable bonds is 5. The zero-order valence-electron chi connectivity index (χ0n) is 8.85. The molecule has 0 saturated heterocycles. The second kappa shape index (κ2) is 5.21. The van der Waals surface area contributed by atoms with Crippen LogP contribution in [0.15, 0.2) is 24.3 Å². The van der Waals surface area contributed by atoms with E-state index in [1.807, 2.05) is 0 Å². The van der Waals surface area contributed by atoms with Crippen molar-refractivity contribution in [3.05, 3.63) is 44.5 Å². The molecule has 0 aliphatic rings. The molecule has 0 heterocycles. The van der Waals surface area contributed by atoms with Gasteiger partial charge in [-0.2, -0.15) is 0 Å². The van der Waals surface area contributed by atoms with Crippen LogP contribution in [0.25, 0.3) is 0 Å². The summed E-state index contributed by atoms with van der Waals surface area (Å²) in [7, 11) is 0. The topological polar surface area (TPSA) is 116 Å². The van der Waals surface area contributed by atoms with Gasteiger partial charge in [0.15, 0.2) is 0 Å². The first kappa shape index (κ1) is 12.8. The largest absolute Gasteiger partial charge is 0.458 e. The van der Waals surface area contributed by atoms with Gasteiger partial charge in [0.1, 0.15) is 5.75 Å². The lowest BCUT2D eigenvalue weighted by Gasteiger charge is -2.14. The summed E-state index contributed by atoms with van der Waals surface area (Å²) < 4.78 is 4.86. The summed E-state index contributed by atoms with van der Waals surface area (Å²) in [5.74, 6) is 0.122. The number of ether oxygens (including phenoxy) is 1. The first-order chi connectivity index (χ1) is 7.91. The number of benzene rings is 1. The summed E-state index contributed by atoms with van der Waals surface area (Å²) in [5, 5.41) is 30.0. The zero-order valence-corrected chi connectivity index (χ0v) is 8.85. The lowest BCUT2D eigenvalue weighted by atomic mass is 10.3. The number of aliphatic hydroxyl groups is 1. The molecule has 17 heavy (non-hydrogen) atoms. The molecule has 1 aromatic carbocycles. The van der Waals surface area contributed by atoms with Gasteiger partial charge in [-0.15, -0.1) is 0 Å². The molecule has 0 spiro atoms. The Kier molecular flexibility index (Phi) is 3.94. The standard InChI is InChI=1S/C9H10N2O6/c1-6(10(13)14)9(12)17-8-4-2-7(3-5-8)11(15)16/h2-6,9,12H,1H3. The molecule has 0 radical (unpaired) electrons. The van der Waals surface area contributed by atoms with E-state index in [0.717, 1.165) is 0 Å². The molecule has 1 aromatic rings. The monoisotopic (exact) mass is 242 g/mol. The Morgan fingerprint density at radius 1 is 1.24 bits per heavy atom. The van der Waals surface area contributed by atoms with Gasteiger partial charge in [-0.05, 0) is 12.1 Å². The van der Waals surface area contributed by atoms with E-state index < -0.39 is 22.2 Å². The van der Waals surface area contributed by atoms with E-state index in [4.69, 9.17) is 4.74 Å². The maximum Gasteiger partial charge on any atom is 0.271 e. The molecule has 0 aliphatic heterocycles. The summed E-state index contributed by atoms with van der Waals surface area (Å²) >= 11 is 0. The van der Waals surface area contributed by atoms with Crippen molar-refractivity contribution in [3.63, 3.8) is 0 Å². The minimum Gasteiger partial charge on any atom is -0.458 e. The van der Waals surface area contributed by atoms with Crippen molar-refractivity contribution in [2.24, 2.45) is 0 Å². The normalized spacial score (nSPS) is 13.8. The first-order valence-electron chi connectivity index (χ1n) is 4.64. The van der Waals surface area contributed by atoms with Crippen molar-refractivity contribution < 1.29 is 19.7 Å². The van der Waals surface area contributed by atoms with Crippen molar-refractivity contribution in [2.45, 2.75) is 19.3 Å². The number of nitro groups is 2. The van der Waals surface area contributed by atoms with Crippen LogP contribution in [0, 0.1) is 20.2 Å². The maximum atomic E-state index is 10.4. The smallest absolute Gasteiger partial charge is 0.271 e. The zero-order chi connectivity index (χ0) is 13.0. The first-order valence-corrected chi connectivity index (χ1v) is 4.64. The van der Waals surface area contributed by atoms with Crippen LogP contribution in [0.3, 0.4) is 0 Å². The second-order valence-corrected chi connectivity index (χ2v) is 3.29. The van der Waals surface area contributed by atoms with Gasteiger partial charge in [0.05, 0.1) is 4.92 Å². The molecule has 8 heteroatoms.